The molecule has 6 nitrogen and oxygen atoms in total. The zero-order valence-corrected chi connectivity index (χ0v) is 12.9. The minimum absolute atomic E-state index is 0.208. The van der Waals surface area contributed by atoms with E-state index in [4.69, 9.17) is 5.73 Å². The van der Waals surface area contributed by atoms with Crippen LogP contribution < -0.4 is 11.1 Å². The summed E-state index contributed by atoms with van der Waals surface area (Å²) in [4.78, 5) is 36.6. The lowest BCUT2D eigenvalue weighted by molar-refractivity contribution is -0.144. The van der Waals surface area contributed by atoms with Crippen molar-refractivity contribution in [2.24, 2.45) is 11.7 Å². The summed E-state index contributed by atoms with van der Waals surface area (Å²) in [6, 6.07) is 7.06. The van der Waals surface area contributed by atoms with Crippen molar-refractivity contribution in [2.45, 2.75) is 12.8 Å². The van der Waals surface area contributed by atoms with Crippen molar-refractivity contribution in [3.8, 4) is 0 Å². The fraction of sp³-hybridized carbons (Fsp3) is 0.357. The van der Waals surface area contributed by atoms with Crippen LogP contribution in [-0.4, -0.2) is 35.7 Å². The van der Waals surface area contributed by atoms with Gasteiger partial charge in [0.2, 0.25) is 5.91 Å². The molecule has 3 amide bonds. The Labute approximate surface area is 130 Å². The van der Waals surface area contributed by atoms with E-state index in [1.54, 1.807) is 18.2 Å². The summed E-state index contributed by atoms with van der Waals surface area (Å²) >= 11 is 3.30. The van der Waals surface area contributed by atoms with Crippen LogP contribution in [0.3, 0.4) is 0 Å². The van der Waals surface area contributed by atoms with Gasteiger partial charge in [0.1, 0.15) is 0 Å². The summed E-state index contributed by atoms with van der Waals surface area (Å²) in [7, 11) is 0. The number of rotatable bonds is 2. The Morgan fingerprint density at radius 1 is 1.19 bits per heavy atom. The van der Waals surface area contributed by atoms with E-state index in [-0.39, 0.29) is 11.8 Å². The van der Waals surface area contributed by atoms with E-state index in [1.807, 2.05) is 6.07 Å². The highest BCUT2D eigenvalue weighted by atomic mass is 79.9. The summed E-state index contributed by atoms with van der Waals surface area (Å²) < 4.78 is 0.707. The molecule has 112 valence electrons. The van der Waals surface area contributed by atoms with E-state index in [0.29, 0.717) is 36.1 Å². The molecule has 1 fully saturated rings. The van der Waals surface area contributed by atoms with Gasteiger partial charge in [-0.3, -0.25) is 14.4 Å². The molecule has 21 heavy (non-hydrogen) atoms. The van der Waals surface area contributed by atoms with E-state index in [2.05, 4.69) is 21.2 Å². The second-order valence-electron chi connectivity index (χ2n) is 4.90. The molecule has 3 N–H and O–H groups in total. The minimum Gasteiger partial charge on any atom is -0.369 e. The number of anilines is 1. The standard InChI is InChI=1S/C14H16BrN3O3/c15-10-3-1-2-4-11(10)17-13(20)14(21)18-7-5-9(6-8-18)12(16)19/h1-4,9H,5-8H2,(H2,16,19)(H,17,20). The van der Waals surface area contributed by atoms with Gasteiger partial charge in [-0.1, -0.05) is 12.1 Å². The largest absolute Gasteiger partial charge is 0.369 e. The van der Waals surface area contributed by atoms with Gasteiger partial charge in [0.15, 0.2) is 0 Å². The Kier molecular flexibility index (Phi) is 4.95. The van der Waals surface area contributed by atoms with Crippen LogP contribution in [0.1, 0.15) is 12.8 Å². The predicted molar refractivity (Wildman–Crippen MR) is 81.3 cm³/mol. The fourth-order valence-corrected chi connectivity index (χ4v) is 2.63. The van der Waals surface area contributed by atoms with Crippen LogP contribution >= 0.6 is 15.9 Å². The maximum Gasteiger partial charge on any atom is 0.313 e. The number of hydrogen-bond acceptors (Lipinski definition) is 3. The number of likely N-dealkylation sites (tertiary alicyclic amines) is 1. The van der Waals surface area contributed by atoms with Crippen molar-refractivity contribution >= 4 is 39.3 Å². The van der Waals surface area contributed by atoms with Crippen LogP contribution in [0.2, 0.25) is 0 Å². The molecule has 0 aromatic heterocycles. The van der Waals surface area contributed by atoms with Gasteiger partial charge >= 0.3 is 11.8 Å². The van der Waals surface area contributed by atoms with Crippen LogP contribution in [-0.2, 0) is 14.4 Å². The van der Waals surface area contributed by atoms with Crippen molar-refractivity contribution in [1.29, 1.82) is 0 Å². The highest BCUT2D eigenvalue weighted by Gasteiger charge is 2.29. The van der Waals surface area contributed by atoms with E-state index in [1.165, 1.54) is 4.90 Å². The molecule has 0 bridgehead atoms. The normalized spacial score (nSPS) is 15.6. The number of nitrogens with one attached hydrogen (secondary N) is 1. The topological polar surface area (TPSA) is 92.5 Å². The Balaban J connectivity index is 1.93. The first kappa shape index (κ1) is 15.5. The van der Waals surface area contributed by atoms with Crippen LogP contribution in [0.5, 0.6) is 0 Å². The Bertz CT molecular complexity index is 568. The van der Waals surface area contributed by atoms with Crippen LogP contribution in [0.25, 0.3) is 0 Å². The third-order valence-electron chi connectivity index (χ3n) is 3.50. The molecular weight excluding hydrogens is 338 g/mol. The average molecular weight is 354 g/mol. The van der Waals surface area contributed by atoms with E-state index in [0.717, 1.165) is 0 Å². The number of hydrogen-bond donors (Lipinski definition) is 2. The Hall–Kier alpha value is -1.89. The highest BCUT2D eigenvalue weighted by Crippen LogP contribution is 2.22. The van der Waals surface area contributed by atoms with Gasteiger partial charge in [-0.05, 0) is 40.9 Å². The number of carbonyl (C=O) groups is 3. The van der Waals surface area contributed by atoms with Crippen LogP contribution in [0.15, 0.2) is 28.7 Å². The van der Waals surface area contributed by atoms with E-state index < -0.39 is 11.8 Å². The summed E-state index contributed by atoms with van der Waals surface area (Å²) in [5, 5.41) is 2.57. The summed E-state index contributed by atoms with van der Waals surface area (Å²) in [6.07, 6.45) is 1.01. The van der Waals surface area contributed by atoms with Crippen molar-refractivity contribution in [3.63, 3.8) is 0 Å². The number of nitrogens with two attached hydrogens (primary N) is 1. The van der Waals surface area contributed by atoms with E-state index in [9.17, 15) is 14.4 Å². The average Bonchev–Trinajstić information content (AvgIpc) is 2.49. The molecule has 2 rings (SSSR count). The lowest BCUT2D eigenvalue weighted by Crippen LogP contribution is -2.46. The summed E-state index contributed by atoms with van der Waals surface area (Å²) in [5.74, 6) is -1.83. The molecule has 1 heterocycles. The highest BCUT2D eigenvalue weighted by molar-refractivity contribution is 9.10. The molecule has 0 aliphatic carbocycles. The quantitative estimate of drug-likeness (QED) is 0.780. The number of benzene rings is 1. The molecule has 0 atom stereocenters. The zero-order valence-electron chi connectivity index (χ0n) is 11.3. The molecule has 1 aliphatic rings. The Morgan fingerprint density at radius 3 is 2.38 bits per heavy atom. The molecule has 1 aromatic rings. The molecule has 1 saturated heterocycles. The Morgan fingerprint density at radius 2 is 1.81 bits per heavy atom. The molecule has 0 unspecified atom stereocenters. The van der Waals surface area contributed by atoms with Crippen molar-refractivity contribution in [3.05, 3.63) is 28.7 Å². The molecule has 7 heteroatoms. The molecule has 0 radical (unpaired) electrons. The second-order valence-corrected chi connectivity index (χ2v) is 5.76. The zero-order chi connectivity index (χ0) is 15.4. The van der Waals surface area contributed by atoms with Gasteiger partial charge < -0.3 is 16.0 Å². The maximum absolute atomic E-state index is 12.1. The van der Waals surface area contributed by atoms with Crippen molar-refractivity contribution in [1.82, 2.24) is 4.90 Å². The first-order valence-corrected chi connectivity index (χ1v) is 7.42. The van der Waals surface area contributed by atoms with Gasteiger partial charge in [-0.15, -0.1) is 0 Å². The smallest absolute Gasteiger partial charge is 0.313 e. The first-order chi connectivity index (χ1) is 9.99. The number of carbonyl (C=O) groups excluding carboxylic acids is 3. The summed E-state index contributed by atoms with van der Waals surface area (Å²) in [6.45, 7) is 0.742. The number of nitrogens with zero attached hydrogens (tertiary/aromatic N) is 1. The van der Waals surface area contributed by atoms with Gasteiger partial charge in [0.05, 0.1) is 5.69 Å². The number of primary amides is 1. The molecular formula is C14H16BrN3O3. The third kappa shape index (κ3) is 3.81. The van der Waals surface area contributed by atoms with Crippen molar-refractivity contribution < 1.29 is 14.4 Å². The number of halogens is 1. The number of amides is 3. The van der Waals surface area contributed by atoms with Gasteiger partial charge in [0.25, 0.3) is 0 Å². The lowest BCUT2D eigenvalue weighted by atomic mass is 9.96. The number of para-hydroxylation sites is 1. The van der Waals surface area contributed by atoms with Crippen molar-refractivity contribution in [2.75, 3.05) is 18.4 Å². The van der Waals surface area contributed by atoms with Gasteiger partial charge in [-0.2, -0.15) is 0 Å². The SMILES string of the molecule is NC(=O)C1CCN(C(=O)C(=O)Nc2ccccc2Br)CC1. The van der Waals surface area contributed by atoms with Crippen LogP contribution in [0.4, 0.5) is 5.69 Å². The first-order valence-electron chi connectivity index (χ1n) is 6.63. The third-order valence-corrected chi connectivity index (χ3v) is 4.19. The lowest BCUT2D eigenvalue weighted by Gasteiger charge is -2.30. The van der Waals surface area contributed by atoms with Gasteiger partial charge in [0, 0.05) is 23.5 Å². The number of piperidine rings is 1. The summed E-state index contributed by atoms with van der Waals surface area (Å²) in [5.41, 5.74) is 5.78. The van der Waals surface area contributed by atoms with Gasteiger partial charge in [-0.25, -0.2) is 0 Å². The molecule has 0 spiro atoms. The molecule has 0 saturated carbocycles. The van der Waals surface area contributed by atoms with E-state index >= 15 is 0 Å². The maximum atomic E-state index is 12.1. The predicted octanol–water partition coefficient (Wildman–Crippen LogP) is 1.11. The van der Waals surface area contributed by atoms with Crippen LogP contribution in [0, 0.1) is 5.92 Å². The second kappa shape index (κ2) is 6.71. The fourth-order valence-electron chi connectivity index (χ4n) is 2.25. The monoisotopic (exact) mass is 353 g/mol. The molecule has 1 aliphatic heterocycles. The molecule has 1 aromatic carbocycles. The minimum atomic E-state index is -0.681.